The summed E-state index contributed by atoms with van der Waals surface area (Å²) in [5, 5.41) is 4.64. The van der Waals surface area contributed by atoms with Crippen LogP contribution in [0.25, 0.3) is 11.0 Å². The SMILES string of the molecule is Cc1cnc(C(C)NC(C)c2ccc3[nH]c(=O)[nH]c3c2)s1. The summed E-state index contributed by atoms with van der Waals surface area (Å²) in [5.41, 5.74) is 2.63. The Morgan fingerprint density at radius 3 is 2.67 bits per heavy atom. The van der Waals surface area contributed by atoms with Gasteiger partial charge in [0.2, 0.25) is 0 Å². The van der Waals surface area contributed by atoms with Crippen molar-refractivity contribution in [1.82, 2.24) is 20.3 Å². The second-order valence-corrected chi connectivity index (χ2v) is 6.57. The van der Waals surface area contributed by atoms with Crippen molar-refractivity contribution in [1.29, 1.82) is 0 Å². The Morgan fingerprint density at radius 2 is 1.95 bits per heavy atom. The van der Waals surface area contributed by atoms with Crippen LogP contribution in [0.3, 0.4) is 0 Å². The molecule has 0 bridgehead atoms. The van der Waals surface area contributed by atoms with Gasteiger partial charge in [-0.05, 0) is 38.5 Å². The third kappa shape index (κ3) is 2.91. The van der Waals surface area contributed by atoms with Crippen LogP contribution in [0.15, 0.2) is 29.2 Å². The predicted molar refractivity (Wildman–Crippen MR) is 85.7 cm³/mol. The van der Waals surface area contributed by atoms with Crippen molar-refractivity contribution in [3.63, 3.8) is 0 Å². The van der Waals surface area contributed by atoms with Gasteiger partial charge in [0.15, 0.2) is 0 Å². The number of fused-ring (bicyclic) bond motifs is 1. The van der Waals surface area contributed by atoms with E-state index in [1.165, 1.54) is 4.88 Å². The monoisotopic (exact) mass is 302 g/mol. The van der Waals surface area contributed by atoms with Gasteiger partial charge in [0.1, 0.15) is 5.01 Å². The van der Waals surface area contributed by atoms with E-state index in [2.05, 4.69) is 41.0 Å². The minimum absolute atomic E-state index is 0.172. The molecule has 0 aliphatic rings. The number of H-pyrrole nitrogens is 2. The van der Waals surface area contributed by atoms with Gasteiger partial charge in [-0.1, -0.05) is 6.07 Å². The number of hydrogen-bond donors (Lipinski definition) is 3. The van der Waals surface area contributed by atoms with Crippen LogP contribution >= 0.6 is 11.3 Å². The van der Waals surface area contributed by atoms with Crippen LogP contribution in [-0.2, 0) is 0 Å². The molecule has 2 aromatic heterocycles. The summed E-state index contributed by atoms with van der Waals surface area (Å²) in [4.78, 5) is 22.5. The third-order valence-electron chi connectivity index (χ3n) is 3.55. The first-order valence-electron chi connectivity index (χ1n) is 6.93. The zero-order valence-electron chi connectivity index (χ0n) is 12.2. The van der Waals surface area contributed by atoms with E-state index >= 15 is 0 Å². The second kappa shape index (κ2) is 5.46. The molecular weight excluding hydrogens is 284 g/mol. The molecule has 0 saturated heterocycles. The number of rotatable bonds is 4. The third-order valence-corrected chi connectivity index (χ3v) is 4.65. The summed E-state index contributed by atoms with van der Waals surface area (Å²) >= 11 is 1.71. The summed E-state index contributed by atoms with van der Waals surface area (Å²) in [7, 11) is 0. The largest absolute Gasteiger partial charge is 0.323 e. The standard InChI is InChI=1S/C15H18N4OS/c1-8-7-16-14(21-8)10(3)17-9(2)11-4-5-12-13(6-11)19-15(20)18-12/h4-7,9-10,17H,1-3H3,(H2,18,19,20). The van der Waals surface area contributed by atoms with Crippen LogP contribution < -0.4 is 11.0 Å². The lowest BCUT2D eigenvalue weighted by molar-refractivity contribution is 0.493. The van der Waals surface area contributed by atoms with Gasteiger partial charge in [-0.25, -0.2) is 9.78 Å². The average molecular weight is 302 g/mol. The molecule has 3 N–H and O–H groups in total. The fraction of sp³-hybridized carbons (Fsp3) is 0.333. The maximum absolute atomic E-state index is 11.3. The molecule has 2 heterocycles. The van der Waals surface area contributed by atoms with Gasteiger partial charge >= 0.3 is 5.69 Å². The second-order valence-electron chi connectivity index (χ2n) is 5.30. The molecule has 21 heavy (non-hydrogen) atoms. The van der Waals surface area contributed by atoms with Crippen molar-refractivity contribution in [2.75, 3.05) is 0 Å². The smallest absolute Gasteiger partial charge is 0.306 e. The molecule has 3 rings (SSSR count). The number of aromatic nitrogens is 3. The van der Waals surface area contributed by atoms with Crippen molar-refractivity contribution in [3.05, 3.63) is 50.3 Å². The number of aromatic amines is 2. The van der Waals surface area contributed by atoms with Gasteiger partial charge in [-0.2, -0.15) is 0 Å². The summed E-state index contributed by atoms with van der Waals surface area (Å²) < 4.78 is 0. The summed E-state index contributed by atoms with van der Waals surface area (Å²) in [6.07, 6.45) is 1.90. The zero-order chi connectivity index (χ0) is 15.0. The average Bonchev–Trinajstić information content (AvgIpc) is 3.02. The fourth-order valence-electron chi connectivity index (χ4n) is 2.43. The van der Waals surface area contributed by atoms with Gasteiger partial charge in [-0.3, -0.25) is 0 Å². The topological polar surface area (TPSA) is 73.6 Å². The Balaban J connectivity index is 1.79. The molecule has 0 aliphatic heterocycles. The van der Waals surface area contributed by atoms with Crippen LogP contribution in [0.5, 0.6) is 0 Å². The molecule has 0 saturated carbocycles. The molecule has 3 aromatic rings. The van der Waals surface area contributed by atoms with E-state index in [-0.39, 0.29) is 17.8 Å². The molecule has 2 unspecified atom stereocenters. The van der Waals surface area contributed by atoms with Crippen molar-refractivity contribution >= 4 is 22.4 Å². The summed E-state index contributed by atoms with van der Waals surface area (Å²) in [6, 6.07) is 6.33. The molecule has 2 atom stereocenters. The summed E-state index contributed by atoms with van der Waals surface area (Å²) in [5.74, 6) is 0. The number of nitrogens with one attached hydrogen (secondary N) is 3. The first kappa shape index (κ1) is 14.0. The Hall–Kier alpha value is -1.92. The van der Waals surface area contributed by atoms with Crippen LogP contribution in [0.4, 0.5) is 0 Å². The van der Waals surface area contributed by atoms with Gasteiger partial charge in [0.05, 0.1) is 17.1 Å². The van der Waals surface area contributed by atoms with Crippen molar-refractivity contribution in [2.45, 2.75) is 32.9 Å². The zero-order valence-corrected chi connectivity index (χ0v) is 13.0. The van der Waals surface area contributed by atoms with Crippen LogP contribution in [-0.4, -0.2) is 15.0 Å². The number of benzene rings is 1. The Labute approximate surface area is 126 Å². The Kier molecular flexibility index (Phi) is 3.65. The molecular formula is C15H18N4OS. The van der Waals surface area contributed by atoms with E-state index in [1.807, 2.05) is 24.4 Å². The minimum atomic E-state index is -0.172. The predicted octanol–water partition coefficient (Wildman–Crippen LogP) is 3.03. The molecule has 0 aliphatic carbocycles. The maximum Gasteiger partial charge on any atom is 0.323 e. The molecule has 0 spiro atoms. The first-order chi connectivity index (χ1) is 10.0. The number of hydrogen-bond acceptors (Lipinski definition) is 4. The van der Waals surface area contributed by atoms with E-state index in [9.17, 15) is 4.79 Å². The lowest BCUT2D eigenvalue weighted by atomic mass is 10.1. The van der Waals surface area contributed by atoms with E-state index in [0.29, 0.717) is 0 Å². The highest BCUT2D eigenvalue weighted by Crippen LogP contribution is 2.23. The van der Waals surface area contributed by atoms with Gasteiger partial charge in [-0.15, -0.1) is 11.3 Å². The highest BCUT2D eigenvalue weighted by atomic mass is 32.1. The van der Waals surface area contributed by atoms with Gasteiger partial charge < -0.3 is 15.3 Å². The molecule has 1 aromatic carbocycles. The Bertz CT molecular complexity index is 816. The normalized spacial score (nSPS) is 14.4. The lowest BCUT2D eigenvalue weighted by Crippen LogP contribution is -2.22. The number of nitrogens with zero attached hydrogens (tertiary/aromatic N) is 1. The molecule has 0 fully saturated rings. The fourth-order valence-corrected chi connectivity index (χ4v) is 3.22. The van der Waals surface area contributed by atoms with E-state index in [4.69, 9.17) is 0 Å². The van der Waals surface area contributed by atoms with Gasteiger partial charge in [0, 0.05) is 17.1 Å². The van der Waals surface area contributed by atoms with Crippen molar-refractivity contribution in [3.8, 4) is 0 Å². The minimum Gasteiger partial charge on any atom is -0.306 e. The van der Waals surface area contributed by atoms with Crippen LogP contribution in [0, 0.1) is 6.92 Å². The number of thiazole rings is 1. The Morgan fingerprint density at radius 1 is 1.19 bits per heavy atom. The van der Waals surface area contributed by atoms with E-state index in [1.54, 1.807) is 11.3 Å². The molecule has 0 radical (unpaired) electrons. The molecule has 0 amide bonds. The first-order valence-corrected chi connectivity index (χ1v) is 7.75. The van der Waals surface area contributed by atoms with E-state index in [0.717, 1.165) is 21.6 Å². The van der Waals surface area contributed by atoms with Gasteiger partial charge in [0.25, 0.3) is 0 Å². The van der Waals surface area contributed by atoms with Crippen molar-refractivity contribution in [2.24, 2.45) is 0 Å². The highest BCUT2D eigenvalue weighted by Gasteiger charge is 2.14. The highest BCUT2D eigenvalue weighted by molar-refractivity contribution is 7.11. The number of aryl methyl sites for hydroxylation is 1. The van der Waals surface area contributed by atoms with Crippen LogP contribution in [0.2, 0.25) is 0 Å². The molecule has 6 heteroatoms. The van der Waals surface area contributed by atoms with Crippen molar-refractivity contribution < 1.29 is 0 Å². The van der Waals surface area contributed by atoms with E-state index < -0.39 is 0 Å². The molecule has 5 nitrogen and oxygen atoms in total. The lowest BCUT2D eigenvalue weighted by Gasteiger charge is -2.18. The molecule has 110 valence electrons. The maximum atomic E-state index is 11.3. The number of imidazole rings is 1. The summed E-state index contributed by atoms with van der Waals surface area (Å²) in [6.45, 7) is 6.29. The quantitative estimate of drug-likeness (QED) is 0.693. The van der Waals surface area contributed by atoms with Crippen LogP contribution in [0.1, 0.15) is 41.4 Å².